The predicted octanol–water partition coefficient (Wildman–Crippen LogP) is 1.59. The van der Waals surface area contributed by atoms with Gasteiger partial charge in [0.15, 0.2) is 0 Å². The van der Waals surface area contributed by atoms with Gasteiger partial charge in [0, 0.05) is 45.1 Å². The van der Waals surface area contributed by atoms with E-state index in [1.807, 2.05) is 23.1 Å². The van der Waals surface area contributed by atoms with E-state index in [2.05, 4.69) is 44.7 Å². The summed E-state index contributed by atoms with van der Waals surface area (Å²) < 4.78 is 0. The molecule has 3 rings (SSSR count). The number of urea groups is 1. The summed E-state index contributed by atoms with van der Waals surface area (Å²) in [4.78, 5) is 25.0. The van der Waals surface area contributed by atoms with Crippen LogP contribution in [0.5, 0.6) is 0 Å². The van der Waals surface area contributed by atoms with Crippen molar-refractivity contribution in [2.24, 2.45) is 0 Å². The van der Waals surface area contributed by atoms with Crippen molar-refractivity contribution < 1.29 is 4.79 Å². The monoisotopic (exact) mass is 340 g/mol. The summed E-state index contributed by atoms with van der Waals surface area (Å²) >= 11 is 0. The number of hydrogen-bond donors (Lipinski definition) is 2. The Morgan fingerprint density at radius 1 is 1.20 bits per heavy atom. The van der Waals surface area contributed by atoms with Crippen LogP contribution in [0, 0.1) is 0 Å². The molecular formula is C18H24N6O. The van der Waals surface area contributed by atoms with E-state index in [0.717, 1.165) is 19.6 Å². The maximum absolute atomic E-state index is 12.6. The van der Waals surface area contributed by atoms with Gasteiger partial charge in [-0.1, -0.05) is 30.3 Å². The van der Waals surface area contributed by atoms with E-state index >= 15 is 0 Å². The second-order valence-corrected chi connectivity index (χ2v) is 6.13. The first kappa shape index (κ1) is 17.2. The Morgan fingerprint density at radius 3 is 2.80 bits per heavy atom. The molecule has 1 atom stereocenters. The van der Waals surface area contributed by atoms with Gasteiger partial charge in [0.2, 0.25) is 0 Å². The molecule has 2 heterocycles. The van der Waals surface area contributed by atoms with E-state index < -0.39 is 0 Å². The zero-order chi connectivity index (χ0) is 17.5. The molecule has 132 valence electrons. The fourth-order valence-corrected chi connectivity index (χ4v) is 2.97. The normalized spacial score (nSPS) is 18.0. The van der Waals surface area contributed by atoms with E-state index in [1.165, 1.54) is 5.56 Å². The van der Waals surface area contributed by atoms with Crippen LogP contribution in [0.3, 0.4) is 0 Å². The molecule has 2 aromatic rings. The second-order valence-electron chi connectivity index (χ2n) is 6.13. The quantitative estimate of drug-likeness (QED) is 0.809. The van der Waals surface area contributed by atoms with Gasteiger partial charge in [0.1, 0.15) is 5.82 Å². The van der Waals surface area contributed by atoms with Crippen molar-refractivity contribution in [1.82, 2.24) is 25.1 Å². The zero-order valence-electron chi connectivity index (χ0n) is 14.4. The van der Waals surface area contributed by atoms with Gasteiger partial charge in [-0.2, -0.15) is 0 Å². The minimum Gasteiger partial charge on any atom is -0.367 e. The Labute approximate surface area is 148 Å². The van der Waals surface area contributed by atoms with Crippen LogP contribution in [0.15, 0.2) is 48.9 Å². The Hall–Kier alpha value is -2.67. The van der Waals surface area contributed by atoms with Crippen molar-refractivity contribution >= 4 is 11.8 Å². The van der Waals surface area contributed by atoms with E-state index in [1.54, 1.807) is 18.6 Å². The van der Waals surface area contributed by atoms with Crippen LogP contribution >= 0.6 is 0 Å². The maximum Gasteiger partial charge on any atom is 0.318 e. The molecule has 0 aliphatic carbocycles. The number of amides is 2. The molecule has 1 aromatic heterocycles. The summed E-state index contributed by atoms with van der Waals surface area (Å²) in [5, 5.41) is 6.13. The lowest BCUT2D eigenvalue weighted by Gasteiger charge is -2.40. The Morgan fingerprint density at radius 2 is 2.04 bits per heavy atom. The van der Waals surface area contributed by atoms with Gasteiger partial charge in [-0.15, -0.1) is 0 Å². The standard InChI is InChI=1S/C18H24N6O/c1-23-11-12-24(16(14-23)15-5-3-2-4-6-15)18(25)22-10-9-21-17-13-19-7-8-20-17/h2-8,13,16H,9-12,14H2,1H3,(H,20,21)(H,22,25)/t16-/m1/s1. The number of benzene rings is 1. The fraction of sp³-hybridized carbons (Fsp3) is 0.389. The highest BCUT2D eigenvalue weighted by Crippen LogP contribution is 2.24. The maximum atomic E-state index is 12.6. The number of rotatable bonds is 5. The number of anilines is 1. The van der Waals surface area contributed by atoms with E-state index in [9.17, 15) is 4.79 Å². The molecule has 7 nitrogen and oxygen atoms in total. The molecule has 2 amide bonds. The lowest BCUT2D eigenvalue weighted by Crippen LogP contribution is -2.52. The SMILES string of the molecule is CN1CCN(C(=O)NCCNc2cnccn2)[C@@H](c2ccccc2)C1. The summed E-state index contributed by atoms with van der Waals surface area (Å²) in [5.41, 5.74) is 1.17. The summed E-state index contributed by atoms with van der Waals surface area (Å²) in [6.45, 7) is 3.58. The predicted molar refractivity (Wildman–Crippen MR) is 97.3 cm³/mol. The first-order valence-electron chi connectivity index (χ1n) is 8.52. The number of piperazine rings is 1. The molecule has 1 aromatic carbocycles. The number of aromatic nitrogens is 2. The van der Waals surface area contributed by atoms with Gasteiger partial charge in [-0.3, -0.25) is 4.98 Å². The number of hydrogen-bond acceptors (Lipinski definition) is 5. The van der Waals surface area contributed by atoms with Crippen LogP contribution in [0.2, 0.25) is 0 Å². The lowest BCUT2D eigenvalue weighted by molar-refractivity contribution is 0.109. The second kappa shape index (κ2) is 8.43. The molecule has 0 radical (unpaired) electrons. The highest BCUT2D eigenvalue weighted by Gasteiger charge is 2.29. The number of nitrogens with one attached hydrogen (secondary N) is 2. The minimum atomic E-state index is -0.0251. The van der Waals surface area contributed by atoms with Crippen molar-refractivity contribution in [2.75, 3.05) is 45.1 Å². The Balaban J connectivity index is 1.54. The van der Waals surface area contributed by atoms with Crippen molar-refractivity contribution in [1.29, 1.82) is 0 Å². The van der Waals surface area contributed by atoms with Gasteiger partial charge < -0.3 is 20.4 Å². The topological polar surface area (TPSA) is 73.4 Å². The zero-order valence-corrected chi connectivity index (χ0v) is 14.4. The molecule has 1 aliphatic heterocycles. The van der Waals surface area contributed by atoms with Crippen molar-refractivity contribution in [3.05, 3.63) is 54.5 Å². The third-order valence-corrected chi connectivity index (χ3v) is 4.30. The molecule has 0 unspecified atom stereocenters. The van der Waals surface area contributed by atoms with Gasteiger partial charge in [0.05, 0.1) is 12.2 Å². The minimum absolute atomic E-state index is 0.0251. The van der Waals surface area contributed by atoms with Crippen LogP contribution in [-0.4, -0.2) is 65.6 Å². The fourth-order valence-electron chi connectivity index (χ4n) is 2.97. The Kier molecular flexibility index (Phi) is 5.79. The summed E-state index contributed by atoms with van der Waals surface area (Å²) in [7, 11) is 2.09. The van der Waals surface area contributed by atoms with Gasteiger partial charge >= 0.3 is 6.03 Å². The average Bonchev–Trinajstić information content (AvgIpc) is 2.66. The molecule has 25 heavy (non-hydrogen) atoms. The van der Waals surface area contributed by atoms with Gasteiger partial charge in [-0.25, -0.2) is 9.78 Å². The first-order chi connectivity index (χ1) is 12.2. The van der Waals surface area contributed by atoms with Crippen LogP contribution in [-0.2, 0) is 0 Å². The molecule has 1 aliphatic rings. The van der Waals surface area contributed by atoms with Crippen LogP contribution in [0.1, 0.15) is 11.6 Å². The Bertz CT molecular complexity index is 666. The van der Waals surface area contributed by atoms with Crippen molar-refractivity contribution in [3.63, 3.8) is 0 Å². The van der Waals surface area contributed by atoms with Crippen molar-refractivity contribution in [2.45, 2.75) is 6.04 Å². The number of likely N-dealkylation sites (N-methyl/N-ethyl adjacent to an activating group) is 1. The van der Waals surface area contributed by atoms with Crippen LogP contribution < -0.4 is 10.6 Å². The molecule has 0 spiro atoms. The van der Waals surface area contributed by atoms with Crippen LogP contribution in [0.4, 0.5) is 10.6 Å². The number of carbonyl (C=O) groups is 1. The number of nitrogens with zero attached hydrogens (tertiary/aromatic N) is 4. The van der Waals surface area contributed by atoms with E-state index in [0.29, 0.717) is 18.9 Å². The molecule has 0 saturated carbocycles. The number of carbonyl (C=O) groups excluding carboxylic acids is 1. The molecule has 1 fully saturated rings. The van der Waals surface area contributed by atoms with Gasteiger partial charge in [-0.05, 0) is 12.6 Å². The largest absolute Gasteiger partial charge is 0.367 e. The molecule has 7 heteroatoms. The summed E-state index contributed by atoms with van der Waals surface area (Å²) in [6, 6.07) is 10.3. The lowest BCUT2D eigenvalue weighted by atomic mass is 10.0. The van der Waals surface area contributed by atoms with Crippen molar-refractivity contribution in [3.8, 4) is 0 Å². The summed E-state index contributed by atoms with van der Waals surface area (Å²) in [6.07, 6.45) is 4.92. The van der Waals surface area contributed by atoms with Gasteiger partial charge in [0.25, 0.3) is 0 Å². The average molecular weight is 340 g/mol. The molecule has 0 bridgehead atoms. The third kappa shape index (κ3) is 4.67. The summed E-state index contributed by atoms with van der Waals surface area (Å²) in [5.74, 6) is 0.707. The first-order valence-corrected chi connectivity index (χ1v) is 8.52. The molecule has 1 saturated heterocycles. The third-order valence-electron chi connectivity index (χ3n) is 4.30. The van der Waals surface area contributed by atoms with E-state index in [-0.39, 0.29) is 12.1 Å². The van der Waals surface area contributed by atoms with Crippen LogP contribution in [0.25, 0.3) is 0 Å². The highest BCUT2D eigenvalue weighted by molar-refractivity contribution is 5.75. The smallest absolute Gasteiger partial charge is 0.318 e. The molecular weight excluding hydrogens is 316 g/mol. The molecule has 2 N–H and O–H groups in total. The van der Waals surface area contributed by atoms with E-state index in [4.69, 9.17) is 0 Å². The highest BCUT2D eigenvalue weighted by atomic mass is 16.2.